The molecule has 1 N–H and O–H groups in total. The summed E-state index contributed by atoms with van der Waals surface area (Å²) in [6.45, 7) is 2.81. The number of hydrogen-bond acceptors (Lipinski definition) is 3. The summed E-state index contributed by atoms with van der Waals surface area (Å²) in [7, 11) is -3.46. The van der Waals surface area contributed by atoms with E-state index in [-0.39, 0.29) is 12.5 Å². The van der Waals surface area contributed by atoms with E-state index in [0.717, 1.165) is 24.0 Å². The summed E-state index contributed by atoms with van der Waals surface area (Å²) in [6.07, 6.45) is 7.93. The standard InChI is InChI=1S/C23H28N2O3S/c1-18-8-10-20(11-9-18)17-25(29(2,27)28)22-14-12-21(13-15-22)23(26)24-16-19-6-4-3-5-7-19/h6,8-15H,3-5,7,16-17H2,1-2H3,(H,24,26). The van der Waals surface area contributed by atoms with Gasteiger partial charge in [-0.1, -0.05) is 41.5 Å². The molecule has 0 aromatic heterocycles. The minimum Gasteiger partial charge on any atom is -0.348 e. The predicted octanol–water partition coefficient (Wildman–Crippen LogP) is 4.19. The first-order chi connectivity index (χ1) is 13.8. The highest BCUT2D eigenvalue weighted by molar-refractivity contribution is 7.92. The Labute approximate surface area is 173 Å². The number of aryl methyl sites for hydroxylation is 1. The molecular weight excluding hydrogens is 384 g/mol. The van der Waals surface area contributed by atoms with Gasteiger partial charge in [-0.05, 0) is 62.4 Å². The molecule has 0 fully saturated rings. The second-order valence-corrected chi connectivity index (χ2v) is 9.50. The van der Waals surface area contributed by atoms with Crippen LogP contribution in [0.1, 0.15) is 47.2 Å². The largest absolute Gasteiger partial charge is 0.348 e. The Morgan fingerprint density at radius 3 is 2.31 bits per heavy atom. The number of nitrogens with one attached hydrogen (secondary N) is 1. The van der Waals surface area contributed by atoms with Crippen molar-refractivity contribution in [3.8, 4) is 0 Å². The topological polar surface area (TPSA) is 66.5 Å². The molecule has 0 atom stereocenters. The van der Waals surface area contributed by atoms with Gasteiger partial charge in [-0.3, -0.25) is 9.10 Å². The molecule has 0 heterocycles. The second kappa shape index (κ2) is 9.27. The minimum atomic E-state index is -3.46. The van der Waals surface area contributed by atoms with Crippen molar-refractivity contribution in [2.75, 3.05) is 17.1 Å². The van der Waals surface area contributed by atoms with E-state index in [4.69, 9.17) is 0 Å². The number of sulfonamides is 1. The molecule has 6 heteroatoms. The fourth-order valence-corrected chi connectivity index (χ4v) is 4.29. The van der Waals surface area contributed by atoms with Crippen molar-refractivity contribution in [1.29, 1.82) is 0 Å². The van der Waals surface area contributed by atoms with Gasteiger partial charge in [0.2, 0.25) is 10.0 Å². The highest BCUT2D eigenvalue weighted by Crippen LogP contribution is 2.22. The van der Waals surface area contributed by atoms with E-state index in [0.29, 0.717) is 17.8 Å². The summed E-state index contributed by atoms with van der Waals surface area (Å²) < 4.78 is 26.0. The van der Waals surface area contributed by atoms with Crippen molar-refractivity contribution >= 4 is 21.6 Å². The maximum absolute atomic E-state index is 12.4. The van der Waals surface area contributed by atoms with Crippen LogP contribution in [-0.4, -0.2) is 27.1 Å². The number of allylic oxidation sites excluding steroid dienone is 1. The van der Waals surface area contributed by atoms with Gasteiger partial charge < -0.3 is 5.32 Å². The Morgan fingerprint density at radius 2 is 1.72 bits per heavy atom. The number of carbonyl (C=O) groups is 1. The molecule has 2 aromatic rings. The first kappa shape index (κ1) is 21.1. The van der Waals surface area contributed by atoms with E-state index in [1.807, 2.05) is 31.2 Å². The van der Waals surface area contributed by atoms with Gasteiger partial charge in [0.05, 0.1) is 18.5 Å². The number of rotatable bonds is 7. The summed E-state index contributed by atoms with van der Waals surface area (Å²) in [4.78, 5) is 12.4. The van der Waals surface area contributed by atoms with Crippen molar-refractivity contribution in [1.82, 2.24) is 5.32 Å². The first-order valence-corrected chi connectivity index (χ1v) is 11.8. The summed E-state index contributed by atoms with van der Waals surface area (Å²) in [5, 5.41) is 2.95. The summed E-state index contributed by atoms with van der Waals surface area (Å²) in [5.74, 6) is -0.146. The summed E-state index contributed by atoms with van der Waals surface area (Å²) in [6, 6.07) is 14.5. The fourth-order valence-electron chi connectivity index (χ4n) is 3.40. The van der Waals surface area contributed by atoms with Gasteiger partial charge >= 0.3 is 0 Å². The smallest absolute Gasteiger partial charge is 0.251 e. The van der Waals surface area contributed by atoms with E-state index in [9.17, 15) is 13.2 Å². The molecule has 0 spiro atoms. The van der Waals surface area contributed by atoms with Crippen molar-refractivity contribution < 1.29 is 13.2 Å². The second-order valence-electron chi connectivity index (χ2n) is 7.59. The van der Waals surface area contributed by atoms with Gasteiger partial charge in [0.15, 0.2) is 0 Å². The molecule has 3 rings (SSSR count). The molecule has 0 bridgehead atoms. The van der Waals surface area contributed by atoms with Crippen molar-refractivity contribution in [3.63, 3.8) is 0 Å². The van der Waals surface area contributed by atoms with Crippen LogP contribution >= 0.6 is 0 Å². The average Bonchev–Trinajstić information content (AvgIpc) is 2.71. The monoisotopic (exact) mass is 412 g/mol. The molecule has 5 nitrogen and oxygen atoms in total. The van der Waals surface area contributed by atoms with Gasteiger partial charge in [0.1, 0.15) is 0 Å². The zero-order valence-corrected chi connectivity index (χ0v) is 17.8. The third-order valence-corrected chi connectivity index (χ3v) is 6.27. The van der Waals surface area contributed by atoms with Gasteiger partial charge in [-0.25, -0.2) is 8.42 Å². The lowest BCUT2D eigenvalue weighted by Crippen LogP contribution is -2.29. The maximum atomic E-state index is 12.4. The van der Waals surface area contributed by atoms with Gasteiger partial charge in [0, 0.05) is 12.1 Å². The summed E-state index contributed by atoms with van der Waals surface area (Å²) in [5.41, 5.74) is 4.37. The highest BCUT2D eigenvalue weighted by atomic mass is 32.2. The van der Waals surface area contributed by atoms with Crippen LogP contribution in [0.25, 0.3) is 0 Å². The lowest BCUT2D eigenvalue weighted by atomic mass is 9.99. The molecular formula is C23H28N2O3S. The lowest BCUT2D eigenvalue weighted by molar-refractivity contribution is 0.0956. The molecule has 0 radical (unpaired) electrons. The number of amides is 1. The molecule has 154 valence electrons. The molecule has 0 aliphatic heterocycles. The Morgan fingerprint density at radius 1 is 1.03 bits per heavy atom. The minimum absolute atomic E-state index is 0.146. The Balaban J connectivity index is 1.70. The Hall–Kier alpha value is -2.60. The number of nitrogens with zero attached hydrogens (tertiary/aromatic N) is 1. The van der Waals surface area contributed by atoms with Crippen LogP contribution in [0.15, 0.2) is 60.2 Å². The molecule has 1 amide bonds. The van der Waals surface area contributed by atoms with Crippen LogP contribution in [0.5, 0.6) is 0 Å². The van der Waals surface area contributed by atoms with E-state index < -0.39 is 10.0 Å². The van der Waals surface area contributed by atoms with E-state index >= 15 is 0 Å². The molecule has 0 saturated heterocycles. The number of carbonyl (C=O) groups excluding carboxylic acids is 1. The quantitative estimate of drug-likeness (QED) is 0.694. The van der Waals surface area contributed by atoms with Crippen LogP contribution in [-0.2, 0) is 16.6 Å². The van der Waals surface area contributed by atoms with Crippen LogP contribution in [0, 0.1) is 6.92 Å². The molecule has 29 heavy (non-hydrogen) atoms. The number of benzene rings is 2. The molecule has 2 aromatic carbocycles. The van der Waals surface area contributed by atoms with Crippen molar-refractivity contribution in [2.24, 2.45) is 0 Å². The van der Waals surface area contributed by atoms with Crippen LogP contribution in [0.2, 0.25) is 0 Å². The third kappa shape index (κ3) is 5.94. The zero-order chi connectivity index (χ0) is 20.9. The Kier molecular flexibility index (Phi) is 6.75. The highest BCUT2D eigenvalue weighted by Gasteiger charge is 2.18. The molecule has 1 aliphatic carbocycles. The van der Waals surface area contributed by atoms with Gasteiger partial charge in [-0.2, -0.15) is 0 Å². The number of anilines is 1. The normalized spacial score (nSPS) is 14.2. The fraction of sp³-hybridized carbons (Fsp3) is 0.348. The molecule has 0 unspecified atom stereocenters. The van der Waals surface area contributed by atoms with Crippen LogP contribution < -0.4 is 9.62 Å². The predicted molar refractivity (Wildman–Crippen MR) is 118 cm³/mol. The average molecular weight is 413 g/mol. The van der Waals surface area contributed by atoms with Crippen molar-refractivity contribution in [3.05, 3.63) is 76.9 Å². The van der Waals surface area contributed by atoms with E-state index in [2.05, 4.69) is 11.4 Å². The SMILES string of the molecule is Cc1ccc(CN(c2ccc(C(=O)NCC3=CCCCC3)cc2)S(C)(=O)=O)cc1. The molecule has 1 aliphatic rings. The van der Waals surface area contributed by atoms with Crippen LogP contribution in [0.4, 0.5) is 5.69 Å². The van der Waals surface area contributed by atoms with E-state index in [1.54, 1.807) is 24.3 Å². The third-order valence-electron chi connectivity index (χ3n) is 5.13. The summed E-state index contributed by atoms with van der Waals surface area (Å²) >= 11 is 0. The van der Waals surface area contributed by atoms with E-state index in [1.165, 1.54) is 29.0 Å². The Bertz CT molecular complexity index is 978. The van der Waals surface area contributed by atoms with Gasteiger partial charge in [0.25, 0.3) is 5.91 Å². The maximum Gasteiger partial charge on any atom is 0.251 e. The lowest BCUT2D eigenvalue weighted by Gasteiger charge is -2.23. The first-order valence-electron chi connectivity index (χ1n) is 9.92. The number of hydrogen-bond donors (Lipinski definition) is 1. The molecule has 0 saturated carbocycles. The van der Waals surface area contributed by atoms with Crippen molar-refractivity contribution in [2.45, 2.75) is 39.2 Å². The zero-order valence-electron chi connectivity index (χ0n) is 17.0. The van der Waals surface area contributed by atoms with Gasteiger partial charge in [-0.15, -0.1) is 0 Å². The van der Waals surface area contributed by atoms with Crippen LogP contribution in [0.3, 0.4) is 0 Å².